The summed E-state index contributed by atoms with van der Waals surface area (Å²) in [5.74, 6) is 0. The van der Waals surface area contributed by atoms with Gasteiger partial charge in [-0.05, 0) is 142 Å². The summed E-state index contributed by atoms with van der Waals surface area (Å²) in [5, 5.41) is 2.50. The zero-order chi connectivity index (χ0) is 55.6. The summed E-state index contributed by atoms with van der Waals surface area (Å²) in [7, 11) is 0. The van der Waals surface area contributed by atoms with Crippen LogP contribution in [0.15, 0.2) is 206 Å². The highest BCUT2D eigenvalue weighted by atomic mass is 15.0. The van der Waals surface area contributed by atoms with Crippen molar-refractivity contribution in [2.45, 2.75) is 124 Å². The van der Waals surface area contributed by atoms with Gasteiger partial charge >= 0.3 is 0 Å². The molecule has 394 valence electrons. The Bertz CT molecular complexity index is 4100. The third-order valence-corrected chi connectivity index (χ3v) is 17.3. The van der Waals surface area contributed by atoms with Crippen molar-refractivity contribution in [1.29, 1.82) is 0 Å². The van der Waals surface area contributed by atoms with E-state index in [2.05, 4.69) is 312 Å². The van der Waals surface area contributed by atoms with Gasteiger partial charge in [-0.3, -0.25) is 0 Å². The Balaban J connectivity index is 0.946. The third-order valence-electron chi connectivity index (χ3n) is 17.3. The van der Waals surface area contributed by atoms with Gasteiger partial charge in [-0.15, -0.1) is 0 Å². The van der Waals surface area contributed by atoms with Crippen molar-refractivity contribution in [2.75, 3.05) is 0 Å². The van der Waals surface area contributed by atoms with Gasteiger partial charge in [-0.2, -0.15) is 0 Å². The molecule has 1 aliphatic rings. The predicted molar refractivity (Wildman–Crippen MR) is 340 cm³/mol. The fourth-order valence-corrected chi connectivity index (χ4v) is 12.5. The first-order chi connectivity index (χ1) is 37.5. The van der Waals surface area contributed by atoms with Crippen LogP contribution >= 0.6 is 0 Å². The fourth-order valence-electron chi connectivity index (χ4n) is 12.5. The number of hydrogen-bond acceptors (Lipinski definition) is 0. The molecule has 0 aliphatic heterocycles. The number of fused-ring (bicyclic) bond motifs is 5. The van der Waals surface area contributed by atoms with Crippen LogP contribution in [0.3, 0.4) is 0 Å². The van der Waals surface area contributed by atoms with Crippen LogP contribution in [0.5, 0.6) is 0 Å². The minimum absolute atomic E-state index is 0.0489. The van der Waals surface area contributed by atoms with Gasteiger partial charge in [0.15, 0.2) is 0 Å². The minimum atomic E-state index is -0.247. The van der Waals surface area contributed by atoms with Gasteiger partial charge in [0.1, 0.15) is 0 Å². The molecule has 79 heavy (non-hydrogen) atoms. The predicted octanol–water partition coefficient (Wildman–Crippen LogP) is 21.4. The molecule has 1 aliphatic carbocycles. The molecule has 0 bridgehead atoms. The SMILES string of the molecule is CC(C)(C)c1ccc(-c2c(-c3ccc(C(C)(C)C)cc3)n(-c3ccc(-c4ccc5c(c4)C(C)(C)c4cc(-n6c(-c7ccc(C(C)(C)C)cc7)c(-c7ccc(C(C)(C)C)cc7)c7ccccc76)ccc4-5)cc3)c3ccccc23)cc1. The average Bonchev–Trinajstić information content (AvgIpc) is 3.96. The molecule has 0 unspecified atom stereocenters. The van der Waals surface area contributed by atoms with Gasteiger partial charge in [-0.25, -0.2) is 0 Å². The Morgan fingerprint density at radius 2 is 0.608 bits per heavy atom. The van der Waals surface area contributed by atoms with Crippen LogP contribution in [0.25, 0.3) is 100 Å². The third kappa shape index (κ3) is 8.98. The summed E-state index contributed by atoms with van der Waals surface area (Å²) < 4.78 is 5.02. The van der Waals surface area contributed by atoms with Crippen LogP contribution < -0.4 is 0 Å². The Labute approximate surface area is 470 Å². The molecule has 2 nitrogen and oxygen atoms in total. The molecule has 0 atom stereocenters. The van der Waals surface area contributed by atoms with E-state index in [9.17, 15) is 0 Å². The van der Waals surface area contributed by atoms with Crippen LogP contribution in [0.4, 0.5) is 0 Å². The number of nitrogens with zero attached hydrogens (tertiary/aromatic N) is 2. The molecule has 0 N–H and O–H groups in total. The molecule has 9 aromatic carbocycles. The molecule has 2 aromatic heterocycles. The summed E-state index contributed by atoms with van der Waals surface area (Å²) in [6, 6.07) is 78.8. The lowest BCUT2D eigenvalue weighted by atomic mass is 9.81. The Morgan fingerprint density at radius 1 is 0.291 bits per heavy atom. The van der Waals surface area contributed by atoms with Gasteiger partial charge in [0.2, 0.25) is 0 Å². The first-order valence-electron chi connectivity index (χ1n) is 28.6. The molecule has 2 heteroatoms. The highest BCUT2D eigenvalue weighted by molar-refractivity contribution is 6.07. The van der Waals surface area contributed by atoms with Crippen molar-refractivity contribution in [3.8, 4) is 78.4 Å². The zero-order valence-corrected chi connectivity index (χ0v) is 49.0. The number of hydrogen-bond donors (Lipinski definition) is 0. The second-order valence-corrected chi connectivity index (χ2v) is 27.1. The molecule has 0 saturated carbocycles. The van der Waals surface area contributed by atoms with Gasteiger partial charge < -0.3 is 9.13 Å². The van der Waals surface area contributed by atoms with Gasteiger partial charge in [0.25, 0.3) is 0 Å². The lowest BCUT2D eigenvalue weighted by Crippen LogP contribution is -2.15. The maximum absolute atomic E-state index is 2.53. The summed E-state index contributed by atoms with van der Waals surface area (Å²) in [4.78, 5) is 0. The molecule has 0 amide bonds. The Kier molecular flexibility index (Phi) is 12.2. The van der Waals surface area contributed by atoms with E-state index in [4.69, 9.17) is 0 Å². The van der Waals surface area contributed by atoms with Crippen LogP contribution in [0.1, 0.15) is 130 Å². The summed E-state index contributed by atoms with van der Waals surface area (Å²) in [6.45, 7) is 32.3. The Morgan fingerprint density at radius 3 is 1.01 bits per heavy atom. The van der Waals surface area contributed by atoms with E-state index >= 15 is 0 Å². The summed E-state index contributed by atoms with van der Waals surface area (Å²) in [6.07, 6.45) is 0. The first-order valence-corrected chi connectivity index (χ1v) is 28.6. The molecule has 2 heterocycles. The standard InChI is InChI=1S/C77H76N2/c1-73(2,3)55-34-23-50(24-35-55)69-63-19-15-17-21-67(63)78(71(69)52-27-38-57(39-28-52)75(7,8)9)59-42-31-49(32-43-59)54-33-45-61-62-46-44-60(48-66(62)77(13,14)65(61)47-54)79-68-22-18-16-20-64(68)70(51-25-36-56(37-26-51)74(4,5)6)72(79)53-29-40-58(41-30-53)76(10,11)12/h15-48H,1-14H3. The topological polar surface area (TPSA) is 9.86 Å². The quantitative estimate of drug-likeness (QED) is 0.151. The fraction of sp³-hybridized carbons (Fsp3) is 0.247. The first kappa shape index (κ1) is 51.8. The maximum atomic E-state index is 2.53. The number of benzene rings is 9. The van der Waals surface area contributed by atoms with Gasteiger partial charge in [0.05, 0.1) is 22.4 Å². The summed E-state index contributed by atoms with van der Waals surface area (Å²) in [5.41, 5.74) is 27.6. The van der Waals surface area contributed by atoms with Crippen LogP contribution in [0.2, 0.25) is 0 Å². The zero-order valence-electron chi connectivity index (χ0n) is 49.0. The molecule has 11 aromatic rings. The molecule has 0 saturated heterocycles. The van der Waals surface area contributed by atoms with E-state index in [1.54, 1.807) is 0 Å². The molecule has 0 fully saturated rings. The highest BCUT2D eigenvalue weighted by Crippen LogP contribution is 2.52. The van der Waals surface area contributed by atoms with Crippen LogP contribution in [-0.2, 0) is 27.1 Å². The van der Waals surface area contributed by atoms with Crippen LogP contribution in [-0.4, -0.2) is 9.13 Å². The van der Waals surface area contributed by atoms with Crippen molar-refractivity contribution in [3.05, 3.63) is 240 Å². The van der Waals surface area contributed by atoms with Crippen molar-refractivity contribution < 1.29 is 0 Å². The number of rotatable bonds is 7. The van der Waals surface area contributed by atoms with Crippen LogP contribution in [0, 0.1) is 0 Å². The smallest absolute Gasteiger partial charge is 0.0619 e. The maximum Gasteiger partial charge on any atom is 0.0619 e. The lowest BCUT2D eigenvalue weighted by molar-refractivity contribution is 0.590. The molecular weight excluding hydrogens is 953 g/mol. The van der Waals surface area contributed by atoms with Crippen molar-refractivity contribution in [2.24, 2.45) is 0 Å². The Hall–Kier alpha value is -7.94. The van der Waals surface area contributed by atoms with Crippen molar-refractivity contribution >= 4 is 21.8 Å². The average molecular weight is 1030 g/mol. The van der Waals surface area contributed by atoms with E-state index in [-0.39, 0.29) is 27.1 Å². The second-order valence-electron chi connectivity index (χ2n) is 27.1. The number of aromatic nitrogens is 2. The lowest BCUT2D eigenvalue weighted by Gasteiger charge is -2.23. The highest BCUT2D eigenvalue weighted by Gasteiger charge is 2.37. The van der Waals surface area contributed by atoms with E-state index in [1.807, 2.05) is 0 Å². The largest absolute Gasteiger partial charge is 0.309 e. The van der Waals surface area contributed by atoms with E-state index in [0.29, 0.717) is 0 Å². The molecule has 0 spiro atoms. The molecule has 12 rings (SSSR count). The van der Waals surface area contributed by atoms with E-state index in [0.717, 1.165) is 5.69 Å². The van der Waals surface area contributed by atoms with Crippen molar-refractivity contribution in [1.82, 2.24) is 9.13 Å². The van der Waals surface area contributed by atoms with Gasteiger partial charge in [-0.1, -0.05) is 261 Å². The van der Waals surface area contributed by atoms with E-state index < -0.39 is 0 Å². The summed E-state index contributed by atoms with van der Waals surface area (Å²) >= 11 is 0. The minimum Gasteiger partial charge on any atom is -0.309 e. The number of para-hydroxylation sites is 2. The molecule has 0 radical (unpaired) electrons. The monoisotopic (exact) mass is 1030 g/mol. The molecular formula is C77H76N2. The normalized spacial score (nSPS) is 13.5. The van der Waals surface area contributed by atoms with E-state index in [1.165, 1.54) is 128 Å². The van der Waals surface area contributed by atoms with Crippen molar-refractivity contribution in [3.63, 3.8) is 0 Å². The second kappa shape index (κ2) is 18.6. The van der Waals surface area contributed by atoms with Gasteiger partial charge in [0, 0.05) is 38.7 Å².